The molecule has 13 heteroatoms. The lowest BCUT2D eigenvalue weighted by molar-refractivity contribution is -0.366. The van der Waals surface area contributed by atoms with Crippen LogP contribution in [0.1, 0.15) is 125 Å². The van der Waals surface area contributed by atoms with Crippen LogP contribution in [0.25, 0.3) is 16.3 Å². The van der Waals surface area contributed by atoms with Gasteiger partial charge in [0.15, 0.2) is 17.5 Å². The van der Waals surface area contributed by atoms with Crippen molar-refractivity contribution in [2.45, 2.75) is 125 Å². The van der Waals surface area contributed by atoms with Crippen LogP contribution in [-0.2, 0) is 4.74 Å². The molecule has 6 aliphatic carbocycles. The Balaban J connectivity index is 1.15. The van der Waals surface area contributed by atoms with Gasteiger partial charge in [0.1, 0.15) is 29.5 Å². The zero-order valence-electron chi connectivity index (χ0n) is 34.3. The third kappa shape index (κ3) is 4.28. The molecule has 8 N–H and O–H groups in total. The molecule has 3 saturated carbocycles. The first-order valence-corrected chi connectivity index (χ1v) is 22.4. The van der Waals surface area contributed by atoms with Crippen LogP contribution in [0.2, 0.25) is 0 Å². The first-order valence-electron chi connectivity index (χ1n) is 22.4. The minimum Gasteiger partial charge on any atom is -0.507 e. The van der Waals surface area contributed by atoms with Crippen LogP contribution in [0, 0.1) is 23.2 Å². The Hall–Kier alpha value is -4.89. The van der Waals surface area contributed by atoms with E-state index >= 15 is 0 Å². The SMILES string of the molecule is Cc1cc(O)c2c(c1)C(=O)c1c(c3cc4c(nccc14)NC[C@H](O)[C@@]14CCC[C@H]1c1cc[nH]c1C1=C[C@@]5(O3)O[C@@]3(C1=C4C[C@]1(CCC4(CCCC4)C1)[C@H]3O)[C@@H](O)[C@H](O)[C@H]5O)C2=O. The van der Waals surface area contributed by atoms with Crippen molar-refractivity contribution < 1.29 is 49.7 Å². The summed E-state index contributed by atoms with van der Waals surface area (Å²) < 4.78 is 14.3. The molecule has 62 heavy (non-hydrogen) atoms. The molecule has 320 valence electrons. The molecule has 6 heterocycles. The van der Waals surface area contributed by atoms with Crippen LogP contribution in [-0.4, -0.2) is 101 Å². The molecule has 0 radical (unpaired) electrons. The Morgan fingerprint density at radius 1 is 0.871 bits per heavy atom. The number of aryl methyl sites for hydroxylation is 1. The fraction of sp³-hybridized carbons (Fsp3) is 0.490. The number of aromatic nitrogens is 2. The van der Waals surface area contributed by atoms with E-state index in [-0.39, 0.29) is 51.6 Å². The minimum absolute atomic E-state index is 0.00857. The standard InChI is InChI=1S/C49H49N3O10/c1-22-15-26-33(30(53)16-22)39(56)35-31-17-25-23(34(35)38(26)55)6-14-51-43(25)52-20-32(54)47-10-4-5-28(47)24-7-13-50-37(24)27-18-48(61-31)41(58)40(57)42(59)49(62-48)36(27)29(47)19-46(44(49)60)12-11-45(21-46)8-2-3-9-45/h6-7,13-18,28,32,40-42,44,50,53-54,57-60H,2-5,8-12,19-21H2,1H3,(H,51,52)/t28-,32-,40+,41+,42-,44+,46-,47-,48+,49-/m0/s1. The lowest BCUT2D eigenvalue weighted by Gasteiger charge is -2.64. The Labute approximate surface area is 356 Å². The number of ether oxygens (including phenoxy) is 2. The van der Waals surface area contributed by atoms with E-state index in [4.69, 9.17) is 14.5 Å². The number of fused-ring (bicyclic) bond motifs is 7. The van der Waals surface area contributed by atoms with Crippen molar-refractivity contribution in [1.82, 2.24) is 9.97 Å². The van der Waals surface area contributed by atoms with Crippen molar-refractivity contribution in [2.24, 2.45) is 16.2 Å². The summed E-state index contributed by atoms with van der Waals surface area (Å²) in [6.07, 6.45) is 5.82. The molecule has 10 aliphatic rings. The van der Waals surface area contributed by atoms with Gasteiger partial charge in [-0.15, -0.1) is 0 Å². The molecule has 0 unspecified atom stereocenters. The molecule has 2 aromatic heterocycles. The van der Waals surface area contributed by atoms with Crippen LogP contribution in [0.4, 0.5) is 5.82 Å². The number of aliphatic hydroxyl groups is 5. The molecule has 13 nitrogen and oxygen atoms in total. The van der Waals surface area contributed by atoms with E-state index in [2.05, 4.69) is 10.3 Å². The number of H-pyrrole nitrogens is 1. The van der Waals surface area contributed by atoms with Gasteiger partial charge in [-0.05, 0) is 128 Å². The summed E-state index contributed by atoms with van der Waals surface area (Å²) in [4.78, 5) is 37.9. The van der Waals surface area contributed by atoms with E-state index in [9.17, 15) is 40.2 Å². The number of carbonyl (C=O) groups excluding carboxylic acids is 2. The number of anilines is 1. The number of nitrogens with one attached hydrogen (secondary N) is 2. The first-order chi connectivity index (χ1) is 29.8. The van der Waals surface area contributed by atoms with Gasteiger partial charge >= 0.3 is 0 Å². The fourth-order valence-corrected chi connectivity index (χ4v) is 15.0. The maximum absolute atomic E-state index is 14.9. The van der Waals surface area contributed by atoms with E-state index < -0.39 is 64.3 Å². The smallest absolute Gasteiger partial charge is 0.261 e. The van der Waals surface area contributed by atoms with Crippen molar-refractivity contribution >= 4 is 33.7 Å². The molecule has 4 aliphatic heterocycles. The molecule has 14 rings (SSSR count). The highest BCUT2D eigenvalue weighted by Gasteiger charge is 2.76. The average molecular weight is 840 g/mol. The molecule has 8 bridgehead atoms. The first kappa shape index (κ1) is 37.6. The topological polar surface area (TPSA) is 215 Å². The Kier molecular flexibility index (Phi) is 7.29. The van der Waals surface area contributed by atoms with Crippen LogP contribution in [0.5, 0.6) is 11.5 Å². The maximum atomic E-state index is 14.9. The van der Waals surface area contributed by atoms with E-state index in [0.29, 0.717) is 64.7 Å². The van der Waals surface area contributed by atoms with Crippen LogP contribution < -0.4 is 10.1 Å². The number of rotatable bonds is 0. The molecule has 2 aromatic carbocycles. The predicted octanol–water partition coefficient (Wildman–Crippen LogP) is 5.22. The van der Waals surface area contributed by atoms with E-state index in [1.54, 1.807) is 31.3 Å². The third-order valence-corrected chi connectivity index (χ3v) is 17.4. The van der Waals surface area contributed by atoms with Gasteiger partial charge in [-0.1, -0.05) is 24.8 Å². The molecule has 1 saturated heterocycles. The summed E-state index contributed by atoms with van der Waals surface area (Å²) in [7, 11) is 0. The second-order valence-electron chi connectivity index (χ2n) is 20.3. The Morgan fingerprint density at radius 3 is 2.52 bits per heavy atom. The molecule has 4 fully saturated rings. The number of hydrogen-bond acceptors (Lipinski definition) is 12. The van der Waals surface area contributed by atoms with Gasteiger partial charge in [-0.2, -0.15) is 0 Å². The van der Waals surface area contributed by atoms with Crippen LogP contribution >= 0.6 is 0 Å². The van der Waals surface area contributed by atoms with Gasteiger partial charge in [0, 0.05) is 57.5 Å². The molecule has 5 spiro atoms. The summed E-state index contributed by atoms with van der Waals surface area (Å²) >= 11 is 0. The second kappa shape index (κ2) is 12.0. The quantitative estimate of drug-likeness (QED) is 0.101. The number of carbonyl (C=O) groups is 2. The molecular weight excluding hydrogens is 791 g/mol. The van der Waals surface area contributed by atoms with Gasteiger partial charge in [0.25, 0.3) is 5.79 Å². The van der Waals surface area contributed by atoms with Gasteiger partial charge in [0.2, 0.25) is 5.78 Å². The number of aliphatic hydroxyl groups excluding tert-OH is 5. The zero-order valence-corrected chi connectivity index (χ0v) is 34.3. The Bertz CT molecular complexity index is 2800. The third-order valence-electron chi connectivity index (χ3n) is 17.4. The second-order valence-corrected chi connectivity index (χ2v) is 20.3. The predicted molar refractivity (Wildman–Crippen MR) is 224 cm³/mol. The number of hydrogen-bond donors (Lipinski definition) is 8. The molecular formula is C49H49N3O10. The normalized spacial score (nSPS) is 38.1. The summed E-state index contributed by atoms with van der Waals surface area (Å²) in [6, 6.07) is 8.18. The van der Waals surface area contributed by atoms with Gasteiger partial charge in [0.05, 0.1) is 23.3 Å². The van der Waals surface area contributed by atoms with Crippen LogP contribution in [0.3, 0.4) is 0 Å². The number of nitrogens with zero attached hydrogens (tertiary/aromatic N) is 1. The number of ketones is 2. The summed E-state index contributed by atoms with van der Waals surface area (Å²) in [5.74, 6) is -4.06. The fourth-order valence-electron chi connectivity index (χ4n) is 15.0. The monoisotopic (exact) mass is 839 g/mol. The number of aromatic hydroxyl groups is 1. The molecule has 10 atom stereocenters. The van der Waals surface area contributed by atoms with Crippen LogP contribution in [0.15, 0.2) is 59.9 Å². The van der Waals surface area contributed by atoms with E-state index in [1.807, 2.05) is 12.3 Å². The summed E-state index contributed by atoms with van der Waals surface area (Å²) in [5.41, 5.74) is -0.144. The number of pyridine rings is 1. The highest BCUT2D eigenvalue weighted by molar-refractivity contribution is 6.34. The lowest BCUT2D eigenvalue weighted by Crippen LogP contribution is -2.78. The number of phenolic OH excluding ortho intramolecular Hbond substituents is 1. The average Bonchev–Trinajstić information content (AvgIpc) is 4.08. The summed E-state index contributed by atoms with van der Waals surface area (Å²) in [5, 5.41) is 79.8. The van der Waals surface area contributed by atoms with Crippen molar-refractivity contribution in [3.8, 4) is 11.5 Å². The lowest BCUT2D eigenvalue weighted by atomic mass is 9.51. The number of phenols is 1. The van der Waals surface area contributed by atoms with Crippen molar-refractivity contribution in [3.63, 3.8) is 0 Å². The summed E-state index contributed by atoms with van der Waals surface area (Å²) in [6.45, 7) is 1.76. The zero-order chi connectivity index (χ0) is 42.5. The van der Waals surface area contributed by atoms with Crippen molar-refractivity contribution in [1.29, 1.82) is 0 Å². The maximum Gasteiger partial charge on any atom is 0.261 e. The molecule has 0 amide bonds. The largest absolute Gasteiger partial charge is 0.507 e. The molecule has 4 aromatic rings. The van der Waals surface area contributed by atoms with Crippen molar-refractivity contribution in [2.75, 3.05) is 11.9 Å². The Morgan fingerprint density at radius 2 is 1.69 bits per heavy atom. The highest BCUT2D eigenvalue weighted by Crippen LogP contribution is 2.73. The number of aromatic amines is 1. The van der Waals surface area contributed by atoms with Gasteiger partial charge < -0.3 is 50.4 Å². The van der Waals surface area contributed by atoms with Crippen molar-refractivity contribution in [3.05, 3.63) is 99.0 Å². The van der Waals surface area contributed by atoms with Gasteiger partial charge in [-0.25, -0.2) is 4.98 Å². The van der Waals surface area contributed by atoms with Gasteiger partial charge in [-0.3, -0.25) is 9.59 Å². The van der Waals surface area contributed by atoms with E-state index in [1.165, 1.54) is 12.1 Å². The highest BCUT2D eigenvalue weighted by atomic mass is 16.7. The minimum atomic E-state index is -2.38. The number of benzene rings is 2. The van der Waals surface area contributed by atoms with E-state index in [0.717, 1.165) is 56.1 Å².